The topological polar surface area (TPSA) is 33.1 Å². The van der Waals surface area contributed by atoms with Gasteiger partial charge in [-0.25, -0.2) is 4.39 Å². The lowest BCUT2D eigenvalue weighted by molar-refractivity contribution is 0.239. The molecule has 2 aromatic heterocycles. The zero-order chi connectivity index (χ0) is 19.8. The van der Waals surface area contributed by atoms with E-state index in [9.17, 15) is 4.39 Å². The van der Waals surface area contributed by atoms with Crippen LogP contribution in [0.15, 0.2) is 67.0 Å². The molecule has 1 aliphatic carbocycles. The van der Waals surface area contributed by atoms with Crippen molar-refractivity contribution in [1.82, 2.24) is 19.8 Å². The minimum Gasteiger partial charge on any atom is -0.352 e. The number of benzene rings is 1. The van der Waals surface area contributed by atoms with Crippen LogP contribution in [-0.4, -0.2) is 25.6 Å². The van der Waals surface area contributed by atoms with Crippen molar-refractivity contribution in [2.45, 2.75) is 43.8 Å². The molecule has 2 atom stereocenters. The van der Waals surface area contributed by atoms with Crippen molar-refractivity contribution >= 4 is 17.3 Å². The molecular formula is C23H23FN4S. The van der Waals surface area contributed by atoms with Crippen LogP contribution in [-0.2, 0) is 0 Å². The third kappa shape index (κ3) is 3.21. The first kappa shape index (κ1) is 18.3. The van der Waals surface area contributed by atoms with E-state index in [1.807, 2.05) is 53.4 Å². The summed E-state index contributed by atoms with van der Waals surface area (Å²) in [6.45, 7) is 0. The van der Waals surface area contributed by atoms with Crippen LogP contribution < -0.4 is 5.32 Å². The molecule has 29 heavy (non-hydrogen) atoms. The highest BCUT2D eigenvalue weighted by Crippen LogP contribution is 2.43. The SMILES string of the molecule is Fc1ccccc1-n1cccc1[C@@H]1[C@H](c2ccccn2)NC(=S)N1C1CCCC1. The molecule has 148 valence electrons. The standard InChI is InChI=1S/C23H23FN4S/c24-17-10-3-4-12-19(17)27-15-7-13-20(27)22-21(18-11-5-6-14-25-18)26-23(29)28(22)16-8-1-2-9-16/h3-7,10-16,21-22H,1-2,8-9H2,(H,26,29)/t21-,22+/m0/s1. The summed E-state index contributed by atoms with van der Waals surface area (Å²) >= 11 is 5.79. The van der Waals surface area contributed by atoms with Crippen LogP contribution in [0.3, 0.4) is 0 Å². The van der Waals surface area contributed by atoms with Gasteiger partial charge in [-0.1, -0.05) is 31.0 Å². The second kappa shape index (κ2) is 7.59. The Morgan fingerprint density at radius 2 is 1.79 bits per heavy atom. The zero-order valence-corrected chi connectivity index (χ0v) is 16.9. The summed E-state index contributed by atoms with van der Waals surface area (Å²) in [4.78, 5) is 6.95. The van der Waals surface area contributed by atoms with Crippen molar-refractivity contribution in [3.8, 4) is 5.69 Å². The average Bonchev–Trinajstić information content (AvgIpc) is 3.48. The number of aromatic nitrogens is 2. The predicted molar refractivity (Wildman–Crippen MR) is 115 cm³/mol. The molecule has 3 aromatic rings. The predicted octanol–water partition coefficient (Wildman–Crippen LogP) is 4.93. The first-order valence-electron chi connectivity index (χ1n) is 10.2. The third-order valence-electron chi connectivity index (χ3n) is 6.05. The molecule has 5 rings (SSSR count). The largest absolute Gasteiger partial charge is 0.352 e. The lowest BCUT2D eigenvalue weighted by Gasteiger charge is -2.33. The average molecular weight is 407 g/mol. The molecule has 1 saturated heterocycles. The number of thiocarbonyl (C=S) groups is 1. The molecule has 1 N–H and O–H groups in total. The Bertz CT molecular complexity index is 1010. The van der Waals surface area contributed by atoms with Crippen molar-refractivity contribution < 1.29 is 4.39 Å². The van der Waals surface area contributed by atoms with Gasteiger partial charge in [0, 0.05) is 24.1 Å². The van der Waals surface area contributed by atoms with Gasteiger partial charge in [-0.2, -0.15) is 0 Å². The van der Waals surface area contributed by atoms with Gasteiger partial charge in [0.25, 0.3) is 0 Å². The summed E-state index contributed by atoms with van der Waals surface area (Å²) in [5, 5.41) is 4.28. The quantitative estimate of drug-likeness (QED) is 0.623. The van der Waals surface area contributed by atoms with Gasteiger partial charge in [0.05, 0.1) is 23.5 Å². The van der Waals surface area contributed by atoms with Gasteiger partial charge in [-0.15, -0.1) is 0 Å². The first-order valence-corrected chi connectivity index (χ1v) is 10.6. The second-order valence-corrected chi connectivity index (χ2v) is 8.11. The highest BCUT2D eigenvalue weighted by Gasteiger charge is 2.44. The van der Waals surface area contributed by atoms with E-state index in [0.29, 0.717) is 11.7 Å². The van der Waals surface area contributed by atoms with E-state index in [0.717, 1.165) is 29.3 Å². The molecule has 4 nitrogen and oxygen atoms in total. The summed E-state index contributed by atoms with van der Waals surface area (Å²) in [6.07, 6.45) is 8.45. The first-order chi connectivity index (χ1) is 14.2. The molecule has 0 unspecified atom stereocenters. The molecule has 0 spiro atoms. The number of halogens is 1. The molecule has 6 heteroatoms. The fourth-order valence-corrected chi connectivity index (χ4v) is 5.15. The number of rotatable bonds is 4. The monoisotopic (exact) mass is 406 g/mol. The van der Waals surface area contributed by atoms with Gasteiger partial charge in [0.1, 0.15) is 5.82 Å². The molecular weight excluding hydrogens is 383 g/mol. The molecule has 3 heterocycles. The Hall–Kier alpha value is -2.73. The van der Waals surface area contributed by atoms with E-state index in [1.54, 1.807) is 6.07 Å². The Morgan fingerprint density at radius 1 is 1.00 bits per heavy atom. The number of hydrogen-bond donors (Lipinski definition) is 1. The minimum atomic E-state index is -0.236. The van der Waals surface area contributed by atoms with Crippen LogP contribution >= 0.6 is 12.2 Å². The van der Waals surface area contributed by atoms with Gasteiger partial charge in [-0.3, -0.25) is 4.98 Å². The number of para-hydroxylation sites is 1. The zero-order valence-electron chi connectivity index (χ0n) is 16.0. The van der Waals surface area contributed by atoms with E-state index in [1.165, 1.54) is 18.9 Å². The van der Waals surface area contributed by atoms with Crippen molar-refractivity contribution in [1.29, 1.82) is 0 Å². The lowest BCUT2D eigenvalue weighted by atomic mass is 9.99. The molecule has 1 aliphatic heterocycles. The third-order valence-corrected chi connectivity index (χ3v) is 6.38. The summed E-state index contributed by atoms with van der Waals surface area (Å²) < 4.78 is 16.6. The molecule has 2 aliphatic rings. The normalized spacial score (nSPS) is 22.2. The van der Waals surface area contributed by atoms with Crippen LogP contribution in [0.5, 0.6) is 0 Å². The Kier molecular flexibility index (Phi) is 4.79. The van der Waals surface area contributed by atoms with Gasteiger partial charge in [0.15, 0.2) is 5.11 Å². The summed E-state index contributed by atoms with van der Waals surface area (Å²) in [5.41, 5.74) is 2.52. The van der Waals surface area contributed by atoms with Crippen molar-refractivity contribution in [3.05, 3.63) is 84.2 Å². The molecule has 0 radical (unpaired) electrons. The molecule has 1 saturated carbocycles. The van der Waals surface area contributed by atoms with E-state index < -0.39 is 0 Å². The fourth-order valence-electron chi connectivity index (χ4n) is 4.76. The number of pyridine rings is 1. The smallest absolute Gasteiger partial charge is 0.170 e. The molecule has 1 aromatic carbocycles. The van der Waals surface area contributed by atoms with Gasteiger partial charge in [0.2, 0.25) is 0 Å². The Morgan fingerprint density at radius 3 is 2.55 bits per heavy atom. The van der Waals surface area contributed by atoms with Crippen molar-refractivity contribution in [2.24, 2.45) is 0 Å². The molecule has 2 fully saturated rings. The molecule has 0 bridgehead atoms. The maximum atomic E-state index is 14.6. The number of nitrogens with one attached hydrogen (secondary N) is 1. The van der Waals surface area contributed by atoms with Gasteiger partial charge in [-0.05, 0) is 61.5 Å². The summed E-state index contributed by atoms with van der Waals surface area (Å²) in [6, 6.07) is 17.2. The minimum absolute atomic E-state index is 0.0462. The fraction of sp³-hybridized carbons (Fsp3) is 0.304. The highest BCUT2D eigenvalue weighted by molar-refractivity contribution is 7.80. The lowest BCUT2D eigenvalue weighted by Crippen LogP contribution is -2.38. The highest BCUT2D eigenvalue weighted by atomic mass is 32.1. The van der Waals surface area contributed by atoms with Crippen LogP contribution in [0.2, 0.25) is 0 Å². The van der Waals surface area contributed by atoms with Crippen LogP contribution in [0, 0.1) is 5.82 Å². The summed E-state index contributed by atoms with van der Waals surface area (Å²) in [7, 11) is 0. The van der Waals surface area contributed by atoms with Crippen LogP contribution in [0.4, 0.5) is 4.39 Å². The molecule has 0 amide bonds. The maximum absolute atomic E-state index is 14.6. The number of nitrogens with zero attached hydrogens (tertiary/aromatic N) is 3. The summed E-state index contributed by atoms with van der Waals surface area (Å²) in [5.74, 6) is -0.236. The van der Waals surface area contributed by atoms with E-state index in [4.69, 9.17) is 12.2 Å². The number of hydrogen-bond acceptors (Lipinski definition) is 2. The Balaban J connectivity index is 1.64. The van der Waals surface area contributed by atoms with E-state index >= 15 is 0 Å². The Labute approximate surface area is 175 Å². The van der Waals surface area contributed by atoms with E-state index in [-0.39, 0.29) is 17.9 Å². The second-order valence-electron chi connectivity index (χ2n) is 7.73. The van der Waals surface area contributed by atoms with Crippen molar-refractivity contribution in [3.63, 3.8) is 0 Å². The maximum Gasteiger partial charge on any atom is 0.170 e. The van der Waals surface area contributed by atoms with Gasteiger partial charge >= 0.3 is 0 Å². The van der Waals surface area contributed by atoms with Gasteiger partial charge < -0.3 is 14.8 Å². The van der Waals surface area contributed by atoms with Crippen LogP contribution in [0.1, 0.15) is 49.2 Å². The van der Waals surface area contributed by atoms with Crippen molar-refractivity contribution in [2.75, 3.05) is 0 Å². The van der Waals surface area contributed by atoms with Crippen LogP contribution in [0.25, 0.3) is 5.69 Å². The van der Waals surface area contributed by atoms with E-state index in [2.05, 4.69) is 21.3 Å².